The predicted molar refractivity (Wildman–Crippen MR) is 123 cm³/mol. The van der Waals surface area contributed by atoms with Gasteiger partial charge in [0.15, 0.2) is 18.5 Å². The van der Waals surface area contributed by atoms with E-state index in [0.717, 1.165) is 52.9 Å². The molecule has 1 aromatic carbocycles. The van der Waals surface area contributed by atoms with Crippen LogP contribution in [-0.2, 0) is 22.4 Å². The van der Waals surface area contributed by atoms with Gasteiger partial charge in [0.05, 0.1) is 5.39 Å². The Labute approximate surface area is 188 Å². The summed E-state index contributed by atoms with van der Waals surface area (Å²) in [5.41, 5.74) is 2.81. The minimum atomic E-state index is -0.700. The molecule has 3 aromatic heterocycles. The van der Waals surface area contributed by atoms with Gasteiger partial charge in [-0.05, 0) is 63.8 Å². The number of furan rings is 1. The highest BCUT2D eigenvalue weighted by Gasteiger charge is 2.20. The second kappa shape index (κ2) is 8.09. The van der Waals surface area contributed by atoms with E-state index in [1.807, 2.05) is 26.0 Å². The van der Waals surface area contributed by atoms with E-state index in [4.69, 9.17) is 13.9 Å². The Kier molecular flexibility index (Phi) is 5.25. The average Bonchev–Trinajstić information content (AvgIpc) is 3.29. The number of carbonyl (C=O) groups is 1. The first kappa shape index (κ1) is 20.8. The number of fused-ring (bicyclic) bond motifs is 4. The molecule has 1 aliphatic carbocycles. The monoisotopic (exact) mass is 452 g/mol. The first-order valence-corrected chi connectivity index (χ1v) is 11.6. The molecule has 8 heteroatoms. The Bertz CT molecular complexity index is 1400. The lowest BCUT2D eigenvalue weighted by Crippen LogP contribution is -2.20. The van der Waals surface area contributed by atoms with Crippen LogP contribution in [0.3, 0.4) is 0 Å². The summed E-state index contributed by atoms with van der Waals surface area (Å²) >= 11 is 1.46. The molecule has 0 amide bonds. The zero-order valence-electron chi connectivity index (χ0n) is 18.2. The molecule has 5 rings (SSSR count). The summed E-state index contributed by atoms with van der Waals surface area (Å²) in [5, 5.41) is 1.64. The van der Waals surface area contributed by atoms with E-state index >= 15 is 0 Å². The van der Waals surface area contributed by atoms with Crippen molar-refractivity contribution in [3.05, 3.63) is 56.1 Å². The van der Waals surface area contributed by atoms with Crippen LogP contribution < -0.4 is 10.3 Å². The number of hydrogen-bond acceptors (Lipinski definition) is 7. The maximum Gasteiger partial charge on any atom is 0.344 e. The van der Waals surface area contributed by atoms with E-state index in [2.05, 4.69) is 9.97 Å². The largest absolute Gasteiger partial charge is 0.482 e. The molecule has 4 aromatic rings. The van der Waals surface area contributed by atoms with Crippen molar-refractivity contribution < 1.29 is 18.7 Å². The van der Waals surface area contributed by atoms with Gasteiger partial charge in [0, 0.05) is 22.2 Å². The predicted octanol–water partition coefficient (Wildman–Crippen LogP) is 4.91. The number of hydrogen-bond donors (Lipinski definition) is 1. The fraction of sp³-hybridized carbons (Fsp3) is 0.375. The molecule has 1 unspecified atom stereocenters. The van der Waals surface area contributed by atoms with Crippen molar-refractivity contribution in [3.8, 4) is 5.75 Å². The highest BCUT2D eigenvalue weighted by Crippen LogP contribution is 2.34. The fourth-order valence-corrected chi connectivity index (χ4v) is 5.26. The zero-order valence-corrected chi connectivity index (χ0v) is 19.1. The molecule has 0 fully saturated rings. The van der Waals surface area contributed by atoms with Crippen LogP contribution in [0.4, 0.5) is 0 Å². The van der Waals surface area contributed by atoms with Gasteiger partial charge < -0.3 is 18.9 Å². The molecule has 0 bridgehead atoms. The lowest BCUT2D eigenvalue weighted by atomic mass is 9.96. The molecule has 1 N–H and O–H groups in total. The number of carbonyl (C=O) groups excluding carboxylic acids is 1. The van der Waals surface area contributed by atoms with Gasteiger partial charge in [0.1, 0.15) is 21.9 Å². The maximum atomic E-state index is 12.5. The maximum absolute atomic E-state index is 12.5. The standard InChI is InChI=1S/C24H24N2O5S/c1-12-14(3)32-24-21(12)23(28)25-22(26-24)13(2)30-20(27)11-29-15-8-9-19-17(10-15)16-6-4-5-7-18(16)31-19/h8-10,13H,4-7,11H2,1-3H3,(H,25,26,28). The molecule has 0 saturated heterocycles. The number of ether oxygens (including phenoxy) is 2. The van der Waals surface area contributed by atoms with E-state index in [-0.39, 0.29) is 12.2 Å². The minimum Gasteiger partial charge on any atom is -0.482 e. The Morgan fingerprint density at radius 3 is 2.94 bits per heavy atom. The molecule has 7 nitrogen and oxygen atoms in total. The van der Waals surface area contributed by atoms with E-state index in [9.17, 15) is 9.59 Å². The Hall–Kier alpha value is -3.13. The van der Waals surface area contributed by atoms with Crippen LogP contribution in [-0.4, -0.2) is 22.5 Å². The highest BCUT2D eigenvalue weighted by molar-refractivity contribution is 7.18. The number of aromatic amines is 1. The fourth-order valence-electron chi connectivity index (χ4n) is 4.22. The second-order valence-corrected chi connectivity index (χ2v) is 9.41. The van der Waals surface area contributed by atoms with E-state index in [1.165, 1.54) is 16.9 Å². The van der Waals surface area contributed by atoms with Crippen molar-refractivity contribution in [1.82, 2.24) is 9.97 Å². The van der Waals surface area contributed by atoms with Crippen molar-refractivity contribution in [2.24, 2.45) is 0 Å². The van der Waals surface area contributed by atoms with E-state index < -0.39 is 12.1 Å². The number of aromatic nitrogens is 2. The number of thiophene rings is 1. The van der Waals surface area contributed by atoms with E-state index in [1.54, 1.807) is 13.0 Å². The first-order chi connectivity index (χ1) is 15.4. The van der Waals surface area contributed by atoms with Gasteiger partial charge in [-0.15, -0.1) is 11.3 Å². The molecule has 1 atom stereocenters. The van der Waals surface area contributed by atoms with Gasteiger partial charge in [-0.2, -0.15) is 0 Å². The number of esters is 1. The number of benzene rings is 1. The van der Waals surface area contributed by atoms with Crippen LogP contribution in [0.25, 0.3) is 21.2 Å². The third-order valence-electron chi connectivity index (χ3n) is 6.03. The van der Waals surface area contributed by atoms with Crippen molar-refractivity contribution in [2.45, 2.75) is 52.6 Å². The molecule has 32 heavy (non-hydrogen) atoms. The molecule has 0 saturated carbocycles. The molecule has 166 valence electrons. The first-order valence-electron chi connectivity index (χ1n) is 10.8. The summed E-state index contributed by atoms with van der Waals surface area (Å²) in [4.78, 5) is 33.8. The van der Waals surface area contributed by atoms with E-state index in [0.29, 0.717) is 21.8 Å². The third-order valence-corrected chi connectivity index (χ3v) is 7.14. The molecule has 1 aliphatic rings. The van der Waals surface area contributed by atoms with Crippen LogP contribution in [0.2, 0.25) is 0 Å². The number of nitrogens with one attached hydrogen (secondary N) is 1. The van der Waals surface area contributed by atoms with Crippen molar-refractivity contribution in [2.75, 3.05) is 6.61 Å². The Balaban J connectivity index is 1.27. The summed E-state index contributed by atoms with van der Waals surface area (Å²) in [5.74, 6) is 1.44. The van der Waals surface area contributed by atoms with Crippen LogP contribution in [0, 0.1) is 13.8 Å². The number of rotatable bonds is 5. The molecule has 0 spiro atoms. The lowest BCUT2D eigenvalue weighted by molar-refractivity contribution is -0.151. The quantitative estimate of drug-likeness (QED) is 0.433. The summed E-state index contributed by atoms with van der Waals surface area (Å²) < 4.78 is 17.1. The molecule has 3 heterocycles. The van der Waals surface area contributed by atoms with Gasteiger partial charge in [-0.1, -0.05) is 0 Å². The van der Waals surface area contributed by atoms with Crippen LogP contribution in [0.15, 0.2) is 27.4 Å². The summed E-state index contributed by atoms with van der Waals surface area (Å²) in [7, 11) is 0. The third kappa shape index (κ3) is 3.68. The highest BCUT2D eigenvalue weighted by atomic mass is 32.1. The number of aryl methyl sites for hydroxylation is 4. The summed E-state index contributed by atoms with van der Waals surface area (Å²) in [6, 6.07) is 5.60. The van der Waals surface area contributed by atoms with Crippen LogP contribution in [0.1, 0.15) is 53.5 Å². The molecular formula is C24H24N2O5S. The van der Waals surface area contributed by atoms with Crippen molar-refractivity contribution in [1.29, 1.82) is 0 Å². The van der Waals surface area contributed by atoms with Crippen molar-refractivity contribution in [3.63, 3.8) is 0 Å². The topological polar surface area (TPSA) is 94.4 Å². The summed E-state index contributed by atoms with van der Waals surface area (Å²) in [6.07, 6.45) is 3.58. The minimum absolute atomic E-state index is 0.220. The smallest absolute Gasteiger partial charge is 0.344 e. The second-order valence-electron chi connectivity index (χ2n) is 8.20. The number of H-pyrrole nitrogens is 1. The molecule has 0 radical (unpaired) electrons. The van der Waals surface area contributed by atoms with Gasteiger partial charge in [0.25, 0.3) is 5.56 Å². The Morgan fingerprint density at radius 1 is 1.28 bits per heavy atom. The zero-order chi connectivity index (χ0) is 22.4. The normalized spacial score (nSPS) is 14.5. The SMILES string of the molecule is Cc1sc2nc(C(C)OC(=O)COc3ccc4oc5c(c4c3)CCCC5)[nH]c(=O)c2c1C. The molecular weight excluding hydrogens is 428 g/mol. The van der Waals surface area contributed by atoms with Gasteiger partial charge in [-0.3, -0.25) is 4.79 Å². The summed E-state index contributed by atoms with van der Waals surface area (Å²) in [6.45, 7) is 5.30. The Morgan fingerprint density at radius 2 is 2.09 bits per heavy atom. The number of nitrogens with zero attached hydrogens (tertiary/aromatic N) is 1. The molecule has 0 aliphatic heterocycles. The lowest BCUT2D eigenvalue weighted by Gasteiger charge is -2.13. The van der Waals surface area contributed by atoms with Crippen molar-refractivity contribution >= 4 is 38.5 Å². The van der Waals surface area contributed by atoms with Gasteiger partial charge in [0.2, 0.25) is 0 Å². The average molecular weight is 453 g/mol. The van der Waals surface area contributed by atoms with Gasteiger partial charge >= 0.3 is 5.97 Å². The van der Waals surface area contributed by atoms with Gasteiger partial charge in [-0.25, -0.2) is 9.78 Å². The van der Waals surface area contributed by atoms with Crippen LogP contribution in [0.5, 0.6) is 5.75 Å². The van der Waals surface area contributed by atoms with Crippen LogP contribution >= 0.6 is 11.3 Å².